The quantitative estimate of drug-likeness (QED) is 0.722. The molecule has 7 heteroatoms. The summed E-state index contributed by atoms with van der Waals surface area (Å²) in [5.41, 5.74) is 2.14. The molecule has 5 nitrogen and oxygen atoms in total. The molecule has 0 bridgehead atoms. The molecule has 1 N–H and O–H groups in total. The first-order chi connectivity index (χ1) is 11.6. The Bertz CT molecular complexity index is 859. The molecule has 1 amide bonds. The fourth-order valence-corrected chi connectivity index (χ4v) is 3.13. The van der Waals surface area contributed by atoms with Crippen LogP contribution in [0.5, 0.6) is 5.75 Å². The second-order valence-electron chi connectivity index (χ2n) is 5.15. The fraction of sp³-hybridized carbons (Fsp3) is 0.176. The van der Waals surface area contributed by atoms with Crippen molar-refractivity contribution < 1.29 is 13.9 Å². The Morgan fingerprint density at radius 3 is 3.00 bits per heavy atom. The number of hydrogen-bond donors (Lipinski definition) is 1. The van der Waals surface area contributed by atoms with Gasteiger partial charge in [-0.25, -0.2) is 4.98 Å². The van der Waals surface area contributed by atoms with Gasteiger partial charge in [0.25, 0.3) is 0 Å². The van der Waals surface area contributed by atoms with E-state index in [4.69, 9.17) is 20.8 Å². The normalized spacial score (nSPS) is 10.6. The lowest BCUT2D eigenvalue weighted by molar-refractivity contribution is -0.115. The van der Waals surface area contributed by atoms with E-state index >= 15 is 0 Å². The van der Waals surface area contributed by atoms with E-state index in [9.17, 15) is 4.79 Å². The number of furan rings is 1. The summed E-state index contributed by atoms with van der Waals surface area (Å²) >= 11 is 7.51. The molecule has 1 aromatic carbocycles. The van der Waals surface area contributed by atoms with Crippen molar-refractivity contribution in [1.29, 1.82) is 0 Å². The largest absolute Gasteiger partial charge is 0.495 e. The molecule has 0 unspecified atom stereocenters. The van der Waals surface area contributed by atoms with Crippen LogP contribution in [0.25, 0.3) is 10.8 Å². The van der Waals surface area contributed by atoms with Crippen molar-refractivity contribution >= 4 is 34.5 Å². The van der Waals surface area contributed by atoms with Crippen molar-refractivity contribution in [2.45, 2.75) is 13.3 Å². The van der Waals surface area contributed by atoms with Crippen molar-refractivity contribution in [2.75, 3.05) is 12.4 Å². The molecule has 24 heavy (non-hydrogen) atoms. The number of nitrogens with one attached hydrogen (secondary N) is 1. The molecule has 0 spiro atoms. The minimum atomic E-state index is -0.175. The topological polar surface area (TPSA) is 64.4 Å². The number of aryl methyl sites for hydroxylation is 1. The zero-order valence-corrected chi connectivity index (χ0v) is 14.7. The van der Waals surface area contributed by atoms with E-state index in [0.29, 0.717) is 27.9 Å². The van der Waals surface area contributed by atoms with Gasteiger partial charge >= 0.3 is 0 Å². The fourth-order valence-electron chi connectivity index (χ4n) is 2.19. The van der Waals surface area contributed by atoms with E-state index in [-0.39, 0.29) is 12.3 Å². The maximum absolute atomic E-state index is 12.3. The highest BCUT2D eigenvalue weighted by atomic mass is 35.5. The number of amides is 1. The van der Waals surface area contributed by atoms with Gasteiger partial charge in [-0.1, -0.05) is 11.6 Å². The van der Waals surface area contributed by atoms with E-state index in [1.165, 1.54) is 18.4 Å². The molecule has 0 saturated heterocycles. The second-order valence-corrected chi connectivity index (χ2v) is 6.41. The SMILES string of the molecule is COc1cc(Cl)c(C)cc1NC(=O)Cc1csc(-c2ccco2)n1. The van der Waals surface area contributed by atoms with Crippen LogP contribution in [0.15, 0.2) is 40.3 Å². The molecule has 0 aliphatic rings. The lowest BCUT2D eigenvalue weighted by Crippen LogP contribution is -2.15. The predicted octanol–water partition coefficient (Wildman–Crippen LogP) is 4.55. The third-order valence-corrected chi connectivity index (χ3v) is 4.69. The van der Waals surface area contributed by atoms with Gasteiger partial charge in [0, 0.05) is 16.5 Å². The Hall–Kier alpha value is -2.31. The molecule has 0 radical (unpaired) electrons. The van der Waals surface area contributed by atoms with Gasteiger partial charge in [0.1, 0.15) is 5.75 Å². The molecule has 0 aliphatic heterocycles. The Balaban J connectivity index is 1.71. The predicted molar refractivity (Wildman–Crippen MR) is 94.9 cm³/mol. The Morgan fingerprint density at radius 1 is 1.46 bits per heavy atom. The Labute approximate surface area is 148 Å². The average molecular weight is 363 g/mol. The van der Waals surface area contributed by atoms with Crippen molar-refractivity contribution in [2.24, 2.45) is 0 Å². The van der Waals surface area contributed by atoms with Crippen molar-refractivity contribution in [3.63, 3.8) is 0 Å². The average Bonchev–Trinajstić information content (AvgIpc) is 3.21. The van der Waals surface area contributed by atoms with Crippen LogP contribution in [-0.2, 0) is 11.2 Å². The van der Waals surface area contributed by atoms with Crippen LogP contribution < -0.4 is 10.1 Å². The number of carbonyl (C=O) groups excluding carboxylic acids is 1. The molecule has 3 aromatic rings. The number of aromatic nitrogens is 1. The zero-order chi connectivity index (χ0) is 17.1. The highest BCUT2D eigenvalue weighted by molar-refractivity contribution is 7.13. The van der Waals surface area contributed by atoms with E-state index < -0.39 is 0 Å². The maximum Gasteiger partial charge on any atom is 0.230 e. The summed E-state index contributed by atoms with van der Waals surface area (Å²) in [5, 5.41) is 6.03. The lowest BCUT2D eigenvalue weighted by atomic mass is 10.2. The van der Waals surface area contributed by atoms with E-state index in [1.54, 1.807) is 24.5 Å². The number of thiazole rings is 1. The van der Waals surface area contributed by atoms with E-state index in [2.05, 4.69) is 10.3 Å². The van der Waals surface area contributed by atoms with Gasteiger partial charge in [0.15, 0.2) is 10.8 Å². The molecule has 0 saturated carbocycles. The van der Waals surface area contributed by atoms with Gasteiger partial charge in [0.05, 0.1) is 31.2 Å². The van der Waals surface area contributed by atoms with E-state index in [1.807, 2.05) is 18.4 Å². The van der Waals surface area contributed by atoms with Gasteiger partial charge in [-0.05, 0) is 30.7 Å². The number of rotatable bonds is 5. The summed E-state index contributed by atoms with van der Waals surface area (Å²) in [7, 11) is 1.53. The van der Waals surface area contributed by atoms with Gasteiger partial charge in [-0.2, -0.15) is 0 Å². The number of halogens is 1. The van der Waals surface area contributed by atoms with Crippen LogP contribution in [-0.4, -0.2) is 18.0 Å². The van der Waals surface area contributed by atoms with Crippen LogP contribution in [0, 0.1) is 6.92 Å². The molecule has 124 valence electrons. The first-order valence-electron chi connectivity index (χ1n) is 7.19. The van der Waals surface area contributed by atoms with Crippen LogP contribution in [0.2, 0.25) is 5.02 Å². The smallest absolute Gasteiger partial charge is 0.230 e. The zero-order valence-electron chi connectivity index (χ0n) is 13.1. The highest BCUT2D eigenvalue weighted by Gasteiger charge is 2.13. The molecule has 2 aromatic heterocycles. The first kappa shape index (κ1) is 16.5. The Kier molecular flexibility index (Phi) is 4.87. The standard InChI is InChI=1S/C17H15ClN2O3S/c1-10-6-13(15(22-2)8-12(10)18)20-16(21)7-11-9-24-17(19-11)14-4-3-5-23-14/h3-6,8-9H,7H2,1-2H3,(H,20,21). The molecular formula is C17H15ClN2O3S. The van der Waals surface area contributed by atoms with Gasteiger partial charge in [-0.3, -0.25) is 4.79 Å². The minimum Gasteiger partial charge on any atom is -0.495 e. The van der Waals surface area contributed by atoms with Gasteiger partial charge in [-0.15, -0.1) is 11.3 Å². The van der Waals surface area contributed by atoms with Crippen molar-refractivity contribution in [3.8, 4) is 16.5 Å². The van der Waals surface area contributed by atoms with Crippen molar-refractivity contribution in [3.05, 3.63) is 52.2 Å². The summed E-state index contributed by atoms with van der Waals surface area (Å²) in [6.07, 6.45) is 1.76. The maximum atomic E-state index is 12.3. The number of anilines is 1. The summed E-state index contributed by atoms with van der Waals surface area (Å²) in [6, 6.07) is 7.11. The summed E-state index contributed by atoms with van der Waals surface area (Å²) in [5.74, 6) is 1.04. The van der Waals surface area contributed by atoms with Crippen LogP contribution in [0.1, 0.15) is 11.3 Å². The third-order valence-electron chi connectivity index (χ3n) is 3.38. The molecular weight excluding hydrogens is 348 g/mol. The molecule has 3 rings (SSSR count). The van der Waals surface area contributed by atoms with Crippen molar-refractivity contribution in [1.82, 2.24) is 4.98 Å². The summed E-state index contributed by atoms with van der Waals surface area (Å²) < 4.78 is 10.6. The number of benzene rings is 1. The number of nitrogens with zero attached hydrogens (tertiary/aromatic N) is 1. The first-order valence-corrected chi connectivity index (χ1v) is 8.45. The summed E-state index contributed by atoms with van der Waals surface area (Å²) in [4.78, 5) is 16.7. The molecule has 0 atom stereocenters. The number of hydrogen-bond acceptors (Lipinski definition) is 5. The van der Waals surface area contributed by atoms with Crippen LogP contribution >= 0.6 is 22.9 Å². The second kappa shape index (κ2) is 7.07. The third kappa shape index (κ3) is 3.60. The monoisotopic (exact) mass is 362 g/mol. The van der Waals surface area contributed by atoms with Gasteiger partial charge in [0.2, 0.25) is 5.91 Å². The molecule has 2 heterocycles. The van der Waals surface area contributed by atoms with Gasteiger partial charge < -0.3 is 14.5 Å². The highest BCUT2D eigenvalue weighted by Crippen LogP contribution is 2.31. The lowest BCUT2D eigenvalue weighted by Gasteiger charge is -2.11. The van der Waals surface area contributed by atoms with Crippen LogP contribution in [0.4, 0.5) is 5.69 Å². The molecule has 0 fully saturated rings. The summed E-state index contributed by atoms with van der Waals surface area (Å²) in [6.45, 7) is 1.87. The molecule has 0 aliphatic carbocycles. The van der Waals surface area contributed by atoms with E-state index in [0.717, 1.165) is 10.6 Å². The minimum absolute atomic E-state index is 0.169. The van der Waals surface area contributed by atoms with Crippen LogP contribution in [0.3, 0.4) is 0 Å². The number of methoxy groups -OCH3 is 1. The number of carbonyl (C=O) groups is 1. The number of ether oxygens (including phenoxy) is 1. The Morgan fingerprint density at radius 2 is 2.29 bits per heavy atom.